The van der Waals surface area contributed by atoms with Crippen molar-refractivity contribution < 1.29 is 0 Å². The standard InChI is InChI=1S/C47H37N3S/c1-4-33(41-23-15-24-42(32(41)3)43-22-12-13-25-44(43)51)30-34(5-2)45-48-46(38-18-10-7-11-19-38)50-47(49-45)40-21-14-20-39(31-40)37-28-26-36(27-29-37)35-16-8-6-9-17-35/h4-31,51H,2H2,1,3H3/b33-4+,34-30+. The molecule has 0 unspecified atom stereocenters. The Morgan fingerprint density at radius 3 is 1.73 bits per heavy atom. The van der Waals surface area contributed by atoms with Gasteiger partial charge in [0, 0.05) is 21.6 Å². The molecule has 0 saturated heterocycles. The third kappa shape index (κ3) is 7.28. The summed E-state index contributed by atoms with van der Waals surface area (Å²) in [5.74, 6) is 1.76. The highest BCUT2D eigenvalue weighted by Gasteiger charge is 2.16. The van der Waals surface area contributed by atoms with Gasteiger partial charge in [-0.25, -0.2) is 15.0 Å². The Balaban J connectivity index is 1.30. The van der Waals surface area contributed by atoms with Gasteiger partial charge in [0.1, 0.15) is 0 Å². The van der Waals surface area contributed by atoms with Crippen molar-refractivity contribution in [1.82, 2.24) is 15.0 Å². The Hall–Kier alpha value is -6.10. The van der Waals surface area contributed by atoms with E-state index >= 15 is 0 Å². The summed E-state index contributed by atoms with van der Waals surface area (Å²) >= 11 is 4.75. The monoisotopic (exact) mass is 675 g/mol. The van der Waals surface area contributed by atoms with Crippen molar-refractivity contribution in [3.05, 3.63) is 193 Å². The van der Waals surface area contributed by atoms with E-state index < -0.39 is 0 Å². The van der Waals surface area contributed by atoms with Crippen molar-refractivity contribution in [3.63, 3.8) is 0 Å². The van der Waals surface area contributed by atoms with Crippen LogP contribution in [0.4, 0.5) is 0 Å². The lowest BCUT2D eigenvalue weighted by Gasteiger charge is -2.15. The minimum absolute atomic E-state index is 0.556. The van der Waals surface area contributed by atoms with Crippen LogP contribution in [0.25, 0.3) is 67.3 Å². The number of hydrogen-bond donors (Lipinski definition) is 1. The van der Waals surface area contributed by atoms with E-state index in [9.17, 15) is 0 Å². The lowest BCUT2D eigenvalue weighted by Crippen LogP contribution is -2.03. The summed E-state index contributed by atoms with van der Waals surface area (Å²) in [5, 5.41) is 0. The maximum Gasteiger partial charge on any atom is 0.164 e. The van der Waals surface area contributed by atoms with Gasteiger partial charge in [0.25, 0.3) is 0 Å². The molecule has 0 aliphatic rings. The molecule has 0 spiro atoms. The van der Waals surface area contributed by atoms with Gasteiger partial charge in [-0.05, 0) is 82.1 Å². The molecule has 0 fully saturated rings. The van der Waals surface area contributed by atoms with E-state index in [0.717, 1.165) is 55.0 Å². The molecule has 0 aliphatic heterocycles. The molecule has 1 aromatic heterocycles. The fraction of sp³-hybridized carbons (Fsp3) is 0.0426. The molecule has 4 heteroatoms. The van der Waals surface area contributed by atoms with Crippen molar-refractivity contribution >= 4 is 23.8 Å². The van der Waals surface area contributed by atoms with Crippen LogP contribution in [0.15, 0.2) is 181 Å². The van der Waals surface area contributed by atoms with Crippen molar-refractivity contribution in [2.75, 3.05) is 0 Å². The maximum atomic E-state index is 5.07. The molecule has 3 nitrogen and oxygen atoms in total. The predicted molar refractivity (Wildman–Crippen MR) is 217 cm³/mol. The first-order chi connectivity index (χ1) is 25.0. The second-order valence-corrected chi connectivity index (χ2v) is 12.7. The fourth-order valence-corrected chi connectivity index (χ4v) is 6.60. The van der Waals surface area contributed by atoms with Gasteiger partial charge in [0.05, 0.1) is 0 Å². The number of aromatic nitrogens is 3. The topological polar surface area (TPSA) is 38.7 Å². The second kappa shape index (κ2) is 15.2. The van der Waals surface area contributed by atoms with Crippen LogP contribution >= 0.6 is 12.6 Å². The Labute approximate surface area is 305 Å². The minimum atomic E-state index is 0.556. The van der Waals surface area contributed by atoms with E-state index in [2.05, 4.69) is 130 Å². The third-order valence-electron chi connectivity index (χ3n) is 9.05. The molecule has 1 heterocycles. The fourth-order valence-electron chi connectivity index (χ4n) is 6.31. The van der Waals surface area contributed by atoms with Gasteiger partial charge in [-0.1, -0.05) is 158 Å². The van der Waals surface area contributed by atoms with Crippen molar-refractivity contribution in [2.24, 2.45) is 0 Å². The summed E-state index contributed by atoms with van der Waals surface area (Å²) < 4.78 is 0. The summed E-state index contributed by atoms with van der Waals surface area (Å²) in [6, 6.07) is 52.1. The number of rotatable bonds is 9. The number of allylic oxidation sites excluding steroid dienone is 5. The van der Waals surface area contributed by atoms with E-state index in [1.165, 1.54) is 16.7 Å². The van der Waals surface area contributed by atoms with Gasteiger partial charge < -0.3 is 0 Å². The molecule has 6 aromatic carbocycles. The molecular weight excluding hydrogens is 639 g/mol. The van der Waals surface area contributed by atoms with E-state index in [-0.39, 0.29) is 0 Å². The molecule has 0 aliphatic carbocycles. The Kier molecular flexibility index (Phi) is 9.96. The zero-order valence-corrected chi connectivity index (χ0v) is 29.6. The summed E-state index contributed by atoms with van der Waals surface area (Å²) in [7, 11) is 0. The number of hydrogen-bond acceptors (Lipinski definition) is 4. The highest BCUT2D eigenvalue weighted by molar-refractivity contribution is 7.80. The summed E-state index contributed by atoms with van der Waals surface area (Å²) in [4.78, 5) is 16.0. The molecule has 0 N–H and O–H groups in total. The van der Waals surface area contributed by atoms with Crippen LogP contribution in [-0.4, -0.2) is 15.0 Å². The van der Waals surface area contributed by atoms with E-state index in [1.807, 2.05) is 60.7 Å². The largest absolute Gasteiger partial charge is 0.208 e. The normalized spacial score (nSPS) is 11.7. The Bertz CT molecular complexity index is 2390. The van der Waals surface area contributed by atoms with Crippen LogP contribution < -0.4 is 0 Å². The van der Waals surface area contributed by atoms with Gasteiger partial charge in [0.2, 0.25) is 0 Å². The highest BCUT2D eigenvalue weighted by atomic mass is 32.1. The minimum Gasteiger partial charge on any atom is -0.208 e. The van der Waals surface area contributed by atoms with Crippen LogP contribution in [0.2, 0.25) is 0 Å². The first-order valence-electron chi connectivity index (χ1n) is 17.0. The first-order valence-corrected chi connectivity index (χ1v) is 17.4. The molecule has 246 valence electrons. The Morgan fingerprint density at radius 2 is 1.06 bits per heavy atom. The molecular formula is C47H37N3S. The van der Waals surface area contributed by atoms with Crippen LogP contribution in [0, 0.1) is 6.92 Å². The van der Waals surface area contributed by atoms with Crippen LogP contribution in [0.1, 0.15) is 23.9 Å². The molecule has 0 radical (unpaired) electrons. The predicted octanol–water partition coefficient (Wildman–Crippen LogP) is 12.5. The number of nitrogens with zero attached hydrogens (tertiary/aromatic N) is 3. The Morgan fingerprint density at radius 1 is 0.529 bits per heavy atom. The molecule has 0 amide bonds. The van der Waals surface area contributed by atoms with Gasteiger partial charge in [-0.2, -0.15) is 0 Å². The van der Waals surface area contributed by atoms with Crippen molar-refractivity contribution in [2.45, 2.75) is 18.7 Å². The second-order valence-electron chi connectivity index (χ2n) is 12.2. The van der Waals surface area contributed by atoms with Gasteiger partial charge in [-0.3, -0.25) is 0 Å². The average molecular weight is 676 g/mol. The first kappa shape index (κ1) is 33.4. The average Bonchev–Trinajstić information content (AvgIpc) is 3.20. The summed E-state index contributed by atoms with van der Waals surface area (Å²) in [6.07, 6.45) is 6.06. The summed E-state index contributed by atoms with van der Waals surface area (Å²) in [6.45, 7) is 8.41. The van der Waals surface area contributed by atoms with E-state index in [0.29, 0.717) is 17.5 Å². The molecule has 0 saturated carbocycles. The third-order valence-corrected chi connectivity index (χ3v) is 9.44. The zero-order chi connectivity index (χ0) is 35.2. The van der Waals surface area contributed by atoms with Gasteiger partial charge in [0.15, 0.2) is 17.5 Å². The van der Waals surface area contributed by atoms with E-state index in [4.69, 9.17) is 27.6 Å². The van der Waals surface area contributed by atoms with E-state index in [1.54, 1.807) is 0 Å². The van der Waals surface area contributed by atoms with Crippen LogP contribution in [-0.2, 0) is 0 Å². The summed E-state index contributed by atoms with van der Waals surface area (Å²) in [5.41, 5.74) is 12.8. The molecule has 7 aromatic rings. The quantitative estimate of drug-likeness (QED) is 0.122. The number of benzene rings is 6. The number of thiol groups is 1. The van der Waals surface area contributed by atoms with Gasteiger partial charge in [-0.15, -0.1) is 12.6 Å². The maximum absolute atomic E-state index is 5.07. The van der Waals surface area contributed by atoms with Crippen molar-refractivity contribution in [3.8, 4) is 56.2 Å². The van der Waals surface area contributed by atoms with Gasteiger partial charge >= 0.3 is 0 Å². The van der Waals surface area contributed by atoms with Crippen LogP contribution in [0.5, 0.6) is 0 Å². The smallest absolute Gasteiger partial charge is 0.164 e. The zero-order valence-electron chi connectivity index (χ0n) is 28.7. The molecule has 0 bridgehead atoms. The van der Waals surface area contributed by atoms with Crippen molar-refractivity contribution in [1.29, 1.82) is 0 Å². The van der Waals surface area contributed by atoms with Crippen LogP contribution in [0.3, 0.4) is 0 Å². The molecule has 7 rings (SSSR count). The highest BCUT2D eigenvalue weighted by Crippen LogP contribution is 2.35. The molecule has 51 heavy (non-hydrogen) atoms. The lowest BCUT2D eigenvalue weighted by molar-refractivity contribution is 1.04. The molecule has 0 atom stereocenters. The SMILES string of the molecule is C=C/C(=C\C(=C/C)c1cccc(-c2ccccc2S)c1C)c1nc(-c2ccccc2)nc(-c2cccc(-c3ccc(-c4ccccc4)cc3)c2)n1. The lowest BCUT2D eigenvalue weighted by atomic mass is 9.91.